The van der Waals surface area contributed by atoms with Crippen LogP contribution in [0.3, 0.4) is 0 Å². The van der Waals surface area contributed by atoms with Crippen LogP contribution in [0.5, 0.6) is 0 Å². The normalized spacial score (nSPS) is 14.3. The molecule has 13 rings (SSSR count). The monoisotopic (exact) mass is 795 g/mol. The number of para-hydroxylation sites is 3. The maximum Gasteiger partial charge on any atom is 0.238 e. The lowest BCUT2D eigenvalue weighted by atomic mass is 9.68. The zero-order valence-electron chi connectivity index (χ0n) is 34.2. The van der Waals surface area contributed by atoms with Crippen molar-refractivity contribution in [1.82, 2.24) is 24.1 Å². The molecule has 2 aliphatic carbocycles. The lowest BCUT2D eigenvalue weighted by molar-refractivity contribution is 0.353. The standard InChI is InChI=1S/C57H41N5/c1-3-16-37(17-4-1)38-28-30-39(31-29-38)54-58-55(40-18-15-19-41(34-40)61-50-25-10-6-21-43(50)44-22-7-11-26-51(44)61)60-56(59-54)62-52-27-12-8-23-45(52)47-35-46-42-20-5-9-24-48(42)57(32-13-2-14-33-57)49(46)36-53(47)62/h1,3-12,15-31,34-36H,2,13-14,32-33H2. The average molecular weight is 796 g/mol. The molecule has 0 N–H and O–H groups in total. The van der Waals surface area contributed by atoms with Gasteiger partial charge < -0.3 is 4.57 Å². The van der Waals surface area contributed by atoms with E-state index in [1.807, 2.05) is 0 Å². The number of aromatic nitrogens is 5. The van der Waals surface area contributed by atoms with Crippen LogP contribution in [0.2, 0.25) is 0 Å². The molecule has 294 valence electrons. The van der Waals surface area contributed by atoms with Crippen molar-refractivity contribution in [2.45, 2.75) is 37.5 Å². The first-order valence-electron chi connectivity index (χ1n) is 21.9. The number of fused-ring (bicyclic) bond motifs is 11. The number of rotatable bonds is 5. The Kier molecular flexibility index (Phi) is 7.77. The van der Waals surface area contributed by atoms with Crippen LogP contribution in [0, 0.1) is 0 Å². The van der Waals surface area contributed by atoms with E-state index in [9.17, 15) is 0 Å². The number of hydrogen-bond donors (Lipinski definition) is 0. The molecule has 0 aliphatic heterocycles. The van der Waals surface area contributed by atoms with E-state index in [2.05, 4.69) is 197 Å². The minimum absolute atomic E-state index is 0.0167. The summed E-state index contributed by atoms with van der Waals surface area (Å²) >= 11 is 0. The molecule has 11 aromatic rings. The van der Waals surface area contributed by atoms with E-state index in [1.165, 1.54) is 81.5 Å². The van der Waals surface area contributed by atoms with Crippen molar-refractivity contribution in [1.29, 1.82) is 0 Å². The fourth-order valence-electron chi connectivity index (χ4n) is 11.0. The molecule has 2 aliphatic rings. The van der Waals surface area contributed by atoms with Gasteiger partial charge in [-0.05, 0) is 88.7 Å². The van der Waals surface area contributed by atoms with Gasteiger partial charge >= 0.3 is 0 Å². The number of benzene rings is 8. The summed E-state index contributed by atoms with van der Waals surface area (Å²) in [5, 5.41) is 4.86. The van der Waals surface area contributed by atoms with Crippen molar-refractivity contribution in [3.05, 3.63) is 199 Å². The molecule has 3 heterocycles. The van der Waals surface area contributed by atoms with Gasteiger partial charge in [0, 0.05) is 43.8 Å². The molecule has 1 fully saturated rings. The van der Waals surface area contributed by atoms with Gasteiger partial charge in [-0.1, -0.05) is 165 Å². The van der Waals surface area contributed by atoms with E-state index in [4.69, 9.17) is 15.0 Å². The second kappa shape index (κ2) is 13.7. The Bertz CT molecular complexity index is 3500. The predicted molar refractivity (Wildman–Crippen MR) is 254 cm³/mol. The highest BCUT2D eigenvalue weighted by atomic mass is 15.2. The third-order valence-corrected chi connectivity index (χ3v) is 13.8. The van der Waals surface area contributed by atoms with Crippen LogP contribution in [0.15, 0.2) is 188 Å². The lowest BCUT2D eigenvalue weighted by Gasteiger charge is -2.36. The quantitative estimate of drug-likeness (QED) is 0.174. The van der Waals surface area contributed by atoms with E-state index >= 15 is 0 Å². The summed E-state index contributed by atoms with van der Waals surface area (Å²) in [6, 6.07) is 67.9. The smallest absolute Gasteiger partial charge is 0.238 e. The Morgan fingerprint density at radius 3 is 1.65 bits per heavy atom. The van der Waals surface area contributed by atoms with Crippen LogP contribution in [-0.4, -0.2) is 24.1 Å². The molecule has 0 radical (unpaired) electrons. The zero-order chi connectivity index (χ0) is 40.8. The zero-order valence-corrected chi connectivity index (χ0v) is 34.2. The minimum atomic E-state index is 0.0167. The van der Waals surface area contributed by atoms with Crippen LogP contribution in [0.25, 0.3) is 100 Å². The van der Waals surface area contributed by atoms with Crippen molar-refractivity contribution in [3.8, 4) is 56.7 Å². The molecule has 0 unspecified atom stereocenters. The molecule has 0 saturated heterocycles. The molecule has 0 atom stereocenters. The summed E-state index contributed by atoms with van der Waals surface area (Å²) in [6.45, 7) is 0. The summed E-state index contributed by atoms with van der Waals surface area (Å²) in [6.07, 6.45) is 6.12. The Morgan fingerprint density at radius 1 is 0.355 bits per heavy atom. The fraction of sp³-hybridized carbons (Fsp3) is 0.105. The third-order valence-electron chi connectivity index (χ3n) is 13.8. The van der Waals surface area contributed by atoms with Gasteiger partial charge in [-0.3, -0.25) is 4.57 Å². The summed E-state index contributed by atoms with van der Waals surface area (Å²) in [5.41, 5.74) is 15.5. The Hall–Kier alpha value is -7.63. The molecule has 5 nitrogen and oxygen atoms in total. The molecule has 3 aromatic heterocycles. The molecule has 0 amide bonds. The molecule has 62 heavy (non-hydrogen) atoms. The van der Waals surface area contributed by atoms with Crippen LogP contribution in [0.1, 0.15) is 43.2 Å². The highest BCUT2D eigenvalue weighted by molar-refractivity contribution is 6.12. The molecule has 8 aromatic carbocycles. The largest absolute Gasteiger partial charge is 0.309 e. The highest BCUT2D eigenvalue weighted by Gasteiger charge is 2.44. The highest BCUT2D eigenvalue weighted by Crippen LogP contribution is 2.57. The van der Waals surface area contributed by atoms with Crippen molar-refractivity contribution < 1.29 is 0 Å². The van der Waals surface area contributed by atoms with Gasteiger partial charge in [0.25, 0.3) is 0 Å². The van der Waals surface area contributed by atoms with Crippen molar-refractivity contribution >= 4 is 43.6 Å². The van der Waals surface area contributed by atoms with Crippen molar-refractivity contribution in [2.75, 3.05) is 0 Å². The first kappa shape index (κ1) is 35.2. The second-order valence-electron chi connectivity index (χ2n) is 17.1. The minimum Gasteiger partial charge on any atom is -0.309 e. The van der Waals surface area contributed by atoms with Crippen LogP contribution in [-0.2, 0) is 5.41 Å². The maximum atomic E-state index is 5.45. The van der Waals surface area contributed by atoms with Gasteiger partial charge in [0.05, 0.1) is 22.1 Å². The van der Waals surface area contributed by atoms with E-state index in [0.717, 1.165) is 44.4 Å². The number of hydrogen-bond acceptors (Lipinski definition) is 3. The topological polar surface area (TPSA) is 48.5 Å². The van der Waals surface area contributed by atoms with Crippen molar-refractivity contribution in [3.63, 3.8) is 0 Å². The summed E-state index contributed by atoms with van der Waals surface area (Å²) in [5.74, 6) is 1.87. The molecular weight excluding hydrogens is 755 g/mol. The average Bonchev–Trinajstić information content (AvgIpc) is 3.95. The summed E-state index contributed by atoms with van der Waals surface area (Å²) < 4.78 is 4.65. The van der Waals surface area contributed by atoms with E-state index < -0.39 is 0 Å². The summed E-state index contributed by atoms with van der Waals surface area (Å²) in [7, 11) is 0. The van der Waals surface area contributed by atoms with Gasteiger partial charge in [0.1, 0.15) is 0 Å². The SMILES string of the molecule is c1ccc(-c2ccc(-c3nc(-c4cccc(-n5c6ccccc6c6ccccc65)c4)nc(-n4c5ccccc5c5cc6c(cc54)C4(CCCCC4)c4ccccc4-6)n3)cc2)cc1. The predicted octanol–water partition coefficient (Wildman–Crippen LogP) is 14.3. The molecule has 5 heteroatoms. The first-order chi connectivity index (χ1) is 30.7. The fourth-order valence-corrected chi connectivity index (χ4v) is 11.0. The summed E-state index contributed by atoms with van der Waals surface area (Å²) in [4.78, 5) is 16.2. The third kappa shape index (κ3) is 5.24. The maximum absolute atomic E-state index is 5.45. The lowest BCUT2D eigenvalue weighted by Crippen LogP contribution is -2.28. The molecule has 0 bridgehead atoms. The van der Waals surface area contributed by atoms with Crippen LogP contribution >= 0.6 is 0 Å². The van der Waals surface area contributed by atoms with Gasteiger partial charge in [0.15, 0.2) is 11.6 Å². The second-order valence-corrected chi connectivity index (χ2v) is 17.1. The Morgan fingerprint density at radius 2 is 0.919 bits per heavy atom. The van der Waals surface area contributed by atoms with Crippen LogP contribution in [0.4, 0.5) is 0 Å². The molecule has 1 spiro atoms. The van der Waals surface area contributed by atoms with Crippen molar-refractivity contribution in [2.24, 2.45) is 0 Å². The molecule has 1 saturated carbocycles. The Labute approximate surface area is 359 Å². The first-order valence-corrected chi connectivity index (χ1v) is 21.9. The van der Waals surface area contributed by atoms with E-state index in [0.29, 0.717) is 17.6 Å². The van der Waals surface area contributed by atoms with E-state index in [1.54, 1.807) is 0 Å². The van der Waals surface area contributed by atoms with E-state index in [-0.39, 0.29) is 5.41 Å². The van der Waals surface area contributed by atoms with Gasteiger partial charge in [0.2, 0.25) is 5.95 Å². The van der Waals surface area contributed by atoms with Gasteiger partial charge in [-0.2, -0.15) is 9.97 Å². The number of nitrogens with zero attached hydrogens (tertiary/aromatic N) is 5. The Balaban J connectivity index is 1.05. The molecular formula is C57H41N5. The van der Waals surface area contributed by atoms with Crippen LogP contribution < -0.4 is 0 Å². The van der Waals surface area contributed by atoms with Gasteiger partial charge in [-0.25, -0.2) is 4.98 Å². The van der Waals surface area contributed by atoms with Gasteiger partial charge in [-0.15, -0.1) is 0 Å².